The Bertz CT molecular complexity index is 1120. The first-order chi connectivity index (χ1) is 14.5. The van der Waals surface area contributed by atoms with Crippen LogP contribution >= 0.6 is 0 Å². The van der Waals surface area contributed by atoms with Crippen LogP contribution in [0, 0.1) is 5.82 Å². The van der Waals surface area contributed by atoms with E-state index in [0.29, 0.717) is 27.8 Å². The number of benzene rings is 3. The molecule has 0 spiro atoms. The van der Waals surface area contributed by atoms with E-state index in [1.54, 1.807) is 73.8 Å². The molecule has 5 nitrogen and oxygen atoms in total. The number of carbonyl (C=O) groups excluding carboxylic acids is 3. The summed E-state index contributed by atoms with van der Waals surface area (Å²) in [5, 5.41) is 0. The van der Waals surface area contributed by atoms with Gasteiger partial charge in [0.05, 0.1) is 17.7 Å². The molecule has 6 heteroatoms. The van der Waals surface area contributed by atoms with Crippen LogP contribution in [0.25, 0.3) is 0 Å². The molecular formula is C24H19FN2O3. The number of imide groups is 1. The number of nitrogens with zero attached hydrogens (tertiary/aromatic N) is 2. The largest absolute Gasteiger partial charge is 0.337 e. The molecule has 4 rings (SSSR count). The summed E-state index contributed by atoms with van der Waals surface area (Å²) in [6.07, 6.45) is 0. The van der Waals surface area contributed by atoms with Crippen molar-refractivity contribution in [2.45, 2.75) is 13.1 Å². The maximum atomic E-state index is 13.9. The fraction of sp³-hybridized carbons (Fsp3) is 0.125. The first-order valence-electron chi connectivity index (χ1n) is 9.49. The summed E-state index contributed by atoms with van der Waals surface area (Å²) in [4.78, 5) is 40.6. The molecule has 0 radical (unpaired) electrons. The highest BCUT2D eigenvalue weighted by molar-refractivity contribution is 6.21. The van der Waals surface area contributed by atoms with Crippen LogP contribution in [0.3, 0.4) is 0 Å². The van der Waals surface area contributed by atoms with Gasteiger partial charge in [0.15, 0.2) is 0 Å². The average Bonchev–Trinajstić information content (AvgIpc) is 3.00. The van der Waals surface area contributed by atoms with E-state index in [1.165, 1.54) is 15.9 Å². The Hall–Kier alpha value is -3.80. The third-order valence-corrected chi connectivity index (χ3v) is 5.10. The van der Waals surface area contributed by atoms with Crippen LogP contribution in [0.1, 0.15) is 42.2 Å². The zero-order valence-electron chi connectivity index (χ0n) is 16.3. The first kappa shape index (κ1) is 19.5. The Morgan fingerprint density at radius 1 is 0.900 bits per heavy atom. The van der Waals surface area contributed by atoms with Gasteiger partial charge in [0, 0.05) is 24.7 Å². The standard InChI is InChI=1S/C24H19FN2O3/c1-26(15-18-8-2-5-12-21(18)25)22(28)17-9-6-7-16(13-17)14-27-23(29)19-10-3-4-11-20(19)24(27)30/h2-13H,14-15H2,1H3. The lowest BCUT2D eigenvalue weighted by Gasteiger charge is -2.19. The molecule has 3 aromatic carbocycles. The molecular weight excluding hydrogens is 383 g/mol. The highest BCUT2D eigenvalue weighted by Crippen LogP contribution is 2.24. The summed E-state index contributed by atoms with van der Waals surface area (Å²) in [5.74, 6) is -1.33. The normalized spacial score (nSPS) is 12.8. The summed E-state index contributed by atoms with van der Waals surface area (Å²) in [5.41, 5.74) is 2.27. The second-order valence-electron chi connectivity index (χ2n) is 7.20. The summed E-state index contributed by atoms with van der Waals surface area (Å²) < 4.78 is 13.9. The molecule has 0 fully saturated rings. The molecule has 3 amide bonds. The van der Waals surface area contributed by atoms with Gasteiger partial charge in [-0.05, 0) is 35.9 Å². The quantitative estimate of drug-likeness (QED) is 0.609. The van der Waals surface area contributed by atoms with Crippen molar-refractivity contribution in [1.29, 1.82) is 0 Å². The number of carbonyl (C=O) groups is 3. The minimum absolute atomic E-state index is 0.0739. The molecule has 0 unspecified atom stereocenters. The molecule has 0 aromatic heterocycles. The predicted octanol–water partition coefficient (Wildman–Crippen LogP) is 3.89. The summed E-state index contributed by atoms with van der Waals surface area (Å²) in [6.45, 7) is 0.207. The lowest BCUT2D eigenvalue weighted by Crippen LogP contribution is -2.29. The molecule has 30 heavy (non-hydrogen) atoms. The fourth-order valence-electron chi connectivity index (χ4n) is 3.54. The van der Waals surface area contributed by atoms with Gasteiger partial charge in [-0.25, -0.2) is 4.39 Å². The third-order valence-electron chi connectivity index (χ3n) is 5.10. The van der Waals surface area contributed by atoms with Gasteiger partial charge in [-0.2, -0.15) is 0 Å². The van der Waals surface area contributed by atoms with Gasteiger partial charge in [-0.15, -0.1) is 0 Å². The minimum atomic E-state index is -0.364. The van der Waals surface area contributed by atoms with Gasteiger partial charge in [0.2, 0.25) is 0 Å². The molecule has 0 bridgehead atoms. The van der Waals surface area contributed by atoms with Crippen molar-refractivity contribution in [3.05, 3.63) is 106 Å². The van der Waals surface area contributed by atoms with Crippen molar-refractivity contribution in [3.8, 4) is 0 Å². The molecule has 0 saturated carbocycles. The van der Waals surface area contributed by atoms with Crippen LogP contribution in [0.4, 0.5) is 4.39 Å². The van der Waals surface area contributed by atoms with E-state index < -0.39 is 0 Å². The van der Waals surface area contributed by atoms with Crippen LogP contribution in [0.5, 0.6) is 0 Å². The Kier molecular flexibility index (Phi) is 5.14. The highest BCUT2D eigenvalue weighted by atomic mass is 19.1. The lowest BCUT2D eigenvalue weighted by molar-refractivity contribution is 0.0642. The lowest BCUT2D eigenvalue weighted by atomic mass is 10.1. The zero-order valence-corrected chi connectivity index (χ0v) is 16.3. The Morgan fingerprint density at radius 2 is 1.53 bits per heavy atom. The van der Waals surface area contributed by atoms with Crippen molar-refractivity contribution in [3.63, 3.8) is 0 Å². The van der Waals surface area contributed by atoms with Gasteiger partial charge in [-0.3, -0.25) is 19.3 Å². The SMILES string of the molecule is CN(Cc1ccccc1F)C(=O)c1cccc(CN2C(=O)c3ccccc3C2=O)c1. The molecule has 0 atom stereocenters. The van der Waals surface area contributed by atoms with E-state index >= 15 is 0 Å². The molecule has 1 aliphatic heterocycles. The number of amides is 3. The summed E-state index contributed by atoms with van der Waals surface area (Å²) >= 11 is 0. The molecule has 150 valence electrons. The monoisotopic (exact) mass is 402 g/mol. The van der Waals surface area contributed by atoms with Crippen LogP contribution in [-0.2, 0) is 13.1 Å². The van der Waals surface area contributed by atoms with E-state index in [1.807, 2.05) is 0 Å². The van der Waals surface area contributed by atoms with Crippen molar-refractivity contribution in [1.82, 2.24) is 9.80 Å². The van der Waals surface area contributed by atoms with Crippen molar-refractivity contribution in [2.24, 2.45) is 0 Å². The molecule has 3 aromatic rings. The van der Waals surface area contributed by atoms with Crippen molar-refractivity contribution in [2.75, 3.05) is 7.05 Å². The second-order valence-corrected chi connectivity index (χ2v) is 7.20. The van der Waals surface area contributed by atoms with Crippen LogP contribution in [0.15, 0.2) is 72.8 Å². The smallest absolute Gasteiger partial charge is 0.261 e. The van der Waals surface area contributed by atoms with Gasteiger partial charge in [0.25, 0.3) is 17.7 Å². The van der Waals surface area contributed by atoms with Crippen LogP contribution in [0.2, 0.25) is 0 Å². The second kappa shape index (κ2) is 7.91. The molecule has 1 heterocycles. The Morgan fingerprint density at radius 3 is 2.20 bits per heavy atom. The average molecular weight is 402 g/mol. The zero-order chi connectivity index (χ0) is 21.3. The highest BCUT2D eigenvalue weighted by Gasteiger charge is 2.35. The minimum Gasteiger partial charge on any atom is -0.337 e. The molecule has 0 N–H and O–H groups in total. The van der Waals surface area contributed by atoms with Crippen molar-refractivity contribution >= 4 is 17.7 Å². The van der Waals surface area contributed by atoms with E-state index in [0.717, 1.165) is 0 Å². The number of fused-ring (bicyclic) bond motifs is 1. The summed E-state index contributed by atoms with van der Waals surface area (Å²) in [6, 6.07) is 19.8. The topological polar surface area (TPSA) is 57.7 Å². The van der Waals surface area contributed by atoms with Gasteiger partial charge in [0.1, 0.15) is 5.82 Å². The first-order valence-corrected chi connectivity index (χ1v) is 9.49. The van der Waals surface area contributed by atoms with E-state index in [9.17, 15) is 18.8 Å². The number of halogens is 1. The number of hydrogen-bond acceptors (Lipinski definition) is 3. The van der Waals surface area contributed by atoms with Crippen LogP contribution < -0.4 is 0 Å². The number of rotatable bonds is 5. The predicted molar refractivity (Wildman–Crippen MR) is 109 cm³/mol. The van der Waals surface area contributed by atoms with Gasteiger partial charge >= 0.3 is 0 Å². The van der Waals surface area contributed by atoms with Gasteiger partial charge in [-0.1, -0.05) is 42.5 Å². The fourth-order valence-corrected chi connectivity index (χ4v) is 3.54. The van der Waals surface area contributed by atoms with Crippen LogP contribution in [-0.4, -0.2) is 34.6 Å². The third kappa shape index (κ3) is 3.59. The van der Waals surface area contributed by atoms with E-state index in [4.69, 9.17) is 0 Å². The summed E-state index contributed by atoms with van der Waals surface area (Å²) in [7, 11) is 1.60. The maximum absolute atomic E-state index is 13.9. The maximum Gasteiger partial charge on any atom is 0.261 e. The van der Waals surface area contributed by atoms with Crippen molar-refractivity contribution < 1.29 is 18.8 Å². The Labute approximate surface area is 173 Å². The Balaban J connectivity index is 1.51. The molecule has 0 aliphatic carbocycles. The van der Waals surface area contributed by atoms with Gasteiger partial charge < -0.3 is 4.90 Å². The molecule has 0 saturated heterocycles. The molecule has 1 aliphatic rings. The van der Waals surface area contributed by atoms with E-state index in [2.05, 4.69) is 0 Å². The van der Waals surface area contributed by atoms with E-state index in [-0.39, 0.29) is 36.6 Å². The number of hydrogen-bond donors (Lipinski definition) is 0.